The molecule has 0 amide bonds. The summed E-state index contributed by atoms with van der Waals surface area (Å²) in [5.41, 5.74) is 6.41. The number of aromatic nitrogens is 2. The molecule has 0 saturated carbocycles. The summed E-state index contributed by atoms with van der Waals surface area (Å²) in [6.45, 7) is 1.94. The zero-order chi connectivity index (χ0) is 10.7. The van der Waals surface area contributed by atoms with Crippen molar-refractivity contribution in [2.45, 2.75) is 6.54 Å². The molecule has 0 atom stereocenters. The minimum atomic E-state index is -0.664. The van der Waals surface area contributed by atoms with Crippen molar-refractivity contribution in [1.82, 2.24) is 9.97 Å². The summed E-state index contributed by atoms with van der Waals surface area (Å²) in [4.78, 5) is 10.6. The highest BCUT2D eigenvalue weighted by atomic mass is 32.2. The number of rotatable bonds is 2. The average Bonchev–Trinajstić information content (AvgIpc) is 2.30. The quantitative estimate of drug-likeness (QED) is 0.736. The van der Waals surface area contributed by atoms with E-state index in [1.165, 1.54) is 0 Å². The Hall–Kier alpha value is -1.01. The Morgan fingerprint density at radius 3 is 2.67 bits per heavy atom. The molecule has 1 aliphatic heterocycles. The van der Waals surface area contributed by atoms with Crippen LogP contribution in [0.3, 0.4) is 0 Å². The molecule has 2 N–H and O–H groups in total. The Balaban J connectivity index is 2.18. The van der Waals surface area contributed by atoms with Crippen molar-refractivity contribution in [2.24, 2.45) is 5.73 Å². The van der Waals surface area contributed by atoms with E-state index in [0.29, 0.717) is 18.1 Å². The fourth-order valence-corrected chi connectivity index (χ4v) is 2.67. The second kappa shape index (κ2) is 4.67. The minimum absolute atomic E-state index is 0.392. The Kier molecular flexibility index (Phi) is 3.27. The van der Waals surface area contributed by atoms with E-state index in [1.807, 2.05) is 0 Å². The normalized spacial score (nSPS) is 18.1. The summed E-state index contributed by atoms with van der Waals surface area (Å²) >= 11 is 0. The first kappa shape index (κ1) is 10.5. The monoisotopic (exact) mass is 226 g/mol. The van der Waals surface area contributed by atoms with Crippen molar-refractivity contribution in [1.29, 1.82) is 0 Å². The number of nitrogens with zero attached hydrogens (tertiary/aromatic N) is 3. The maximum atomic E-state index is 11.2. The second-order valence-corrected chi connectivity index (χ2v) is 5.06. The summed E-state index contributed by atoms with van der Waals surface area (Å²) in [5.74, 6) is 2.26. The van der Waals surface area contributed by atoms with Crippen molar-refractivity contribution in [3.8, 4) is 0 Å². The molecule has 82 valence electrons. The van der Waals surface area contributed by atoms with Crippen LogP contribution in [0.25, 0.3) is 0 Å². The molecule has 0 unspecified atom stereocenters. The predicted molar refractivity (Wildman–Crippen MR) is 60.0 cm³/mol. The average molecular weight is 226 g/mol. The second-order valence-electron chi connectivity index (χ2n) is 3.37. The summed E-state index contributed by atoms with van der Waals surface area (Å²) in [7, 11) is -0.664. The van der Waals surface area contributed by atoms with Gasteiger partial charge in [-0.25, -0.2) is 4.98 Å². The molecule has 0 radical (unpaired) electrons. The lowest BCUT2D eigenvalue weighted by Gasteiger charge is -2.28. The molecule has 0 spiro atoms. The Bertz CT molecular complexity index is 361. The molecule has 0 bridgehead atoms. The fraction of sp³-hybridized carbons (Fsp3) is 0.556. The Labute approximate surface area is 91.2 Å². The van der Waals surface area contributed by atoms with E-state index < -0.39 is 10.8 Å². The van der Waals surface area contributed by atoms with Gasteiger partial charge in [0.15, 0.2) is 5.82 Å². The molecule has 1 fully saturated rings. The molecule has 1 aromatic heterocycles. The summed E-state index contributed by atoms with van der Waals surface area (Å²) < 4.78 is 11.2. The molecule has 6 heteroatoms. The van der Waals surface area contributed by atoms with E-state index in [4.69, 9.17) is 5.73 Å². The maximum Gasteiger partial charge on any atom is 0.151 e. The third kappa shape index (κ3) is 2.32. The smallest absolute Gasteiger partial charge is 0.151 e. The Morgan fingerprint density at radius 2 is 2.00 bits per heavy atom. The van der Waals surface area contributed by atoms with E-state index in [2.05, 4.69) is 14.9 Å². The van der Waals surface area contributed by atoms with Crippen molar-refractivity contribution >= 4 is 16.6 Å². The van der Waals surface area contributed by atoms with Crippen LogP contribution in [-0.4, -0.2) is 38.8 Å². The van der Waals surface area contributed by atoms with E-state index in [1.54, 1.807) is 12.4 Å². The first-order valence-corrected chi connectivity index (χ1v) is 6.40. The summed E-state index contributed by atoms with van der Waals surface area (Å²) in [6.07, 6.45) is 3.31. The first-order chi connectivity index (χ1) is 7.31. The van der Waals surface area contributed by atoms with Crippen LogP contribution in [0.2, 0.25) is 0 Å². The molecule has 5 nitrogen and oxygen atoms in total. The SMILES string of the molecule is NCc1nccnc1N1CCS(=O)CC1. The van der Waals surface area contributed by atoms with Crippen molar-refractivity contribution < 1.29 is 4.21 Å². The highest BCUT2D eigenvalue weighted by Gasteiger charge is 2.18. The van der Waals surface area contributed by atoms with Gasteiger partial charge in [0.2, 0.25) is 0 Å². The highest BCUT2D eigenvalue weighted by molar-refractivity contribution is 7.85. The van der Waals surface area contributed by atoms with Crippen LogP contribution in [0.5, 0.6) is 0 Å². The molecule has 1 aliphatic rings. The van der Waals surface area contributed by atoms with E-state index in [-0.39, 0.29) is 0 Å². The third-order valence-corrected chi connectivity index (χ3v) is 3.70. The lowest BCUT2D eigenvalue weighted by atomic mass is 10.3. The predicted octanol–water partition coefficient (Wildman–Crippen LogP) is -0.496. The van der Waals surface area contributed by atoms with Gasteiger partial charge in [-0.1, -0.05) is 0 Å². The molecule has 2 rings (SSSR count). The van der Waals surface area contributed by atoms with Crippen molar-refractivity contribution in [3.05, 3.63) is 18.1 Å². The van der Waals surface area contributed by atoms with E-state index >= 15 is 0 Å². The number of anilines is 1. The van der Waals surface area contributed by atoms with Gasteiger partial charge in [0.05, 0.1) is 5.69 Å². The summed E-state index contributed by atoms with van der Waals surface area (Å²) in [6, 6.07) is 0. The van der Waals surface area contributed by atoms with Gasteiger partial charge in [0.25, 0.3) is 0 Å². The van der Waals surface area contributed by atoms with Gasteiger partial charge in [-0.2, -0.15) is 0 Å². The van der Waals surface area contributed by atoms with Gasteiger partial charge >= 0.3 is 0 Å². The molecular formula is C9H14N4OS. The zero-order valence-electron chi connectivity index (χ0n) is 8.43. The van der Waals surface area contributed by atoms with Gasteiger partial charge in [0, 0.05) is 54.3 Å². The van der Waals surface area contributed by atoms with Crippen LogP contribution in [0, 0.1) is 0 Å². The molecular weight excluding hydrogens is 212 g/mol. The standard InChI is InChI=1S/C9H14N4OS/c10-7-8-9(12-2-1-11-8)13-3-5-15(14)6-4-13/h1-2H,3-7,10H2. The lowest BCUT2D eigenvalue weighted by molar-refractivity contribution is 0.671. The number of nitrogens with two attached hydrogens (primary N) is 1. The van der Waals surface area contributed by atoms with Gasteiger partial charge in [0.1, 0.15) is 0 Å². The number of hydrogen-bond acceptors (Lipinski definition) is 5. The molecule has 15 heavy (non-hydrogen) atoms. The third-order valence-electron chi connectivity index (χ3n) is 2.42. The van der Waals surface area contributed by atoms with Crippen LogP contribution in [-0.2, 0) is 17.3 Å². The van der Waals surface area contributed by atoms with Gasteiger partial charge in [-0.15, -0.1) is 0 Å². The van der Waals surface area contributed by atoms with Gasteiger partial charge in [-0.3, -0.25) is 9.19 Å². The van der Waals surface area contributed by atoms with Crippen LogP contribution < -0.4 is 10.6 Å². The minimum Gasteiger partial charge on any atom is -0.353 e. The molecule has 0 aromatic carbocycles. The van der Waals surface area contributed by atoms with E-state index in [0.717, 1.165) is 24.6 Å². The maximum absolute atomic E-state index is 11.2. The molecule has 1 aromatic rings. The van der Waals surface area contributed by atoms with Crippen LogP contribution in [0.4, 0.5) is 5.82 Å². The highest BCUT2D eigenvalue weighted by Crippen LogP contribution is 2.16. The molecule has 1 saturated heterocycles. The van der Waals surface area contributed by atoms with Gasteiger partial charge < -0.3 is 10.6 Å². The van der Waals surface area contributed by atoms with Gasteiger partial charge in [-0.05, 0) is 0 Å². The fourth-order valence-electron chi connectivity index (χ4n) is 1.62. The molecule has 2 heterocycles. The lowest BCUT2D eigenvalue weighted by Crippen LogP contribution is -2.39. The zero-order valence-corrected chi connectivity index (χ0v) is 9.24. The van der Waals surface area contributed by atoms with Crippen LogP contribution >= 0.6 is 0 Å². The summed E-state index contributed by atoms with van der Waals surface area (Å²) in [5, 5.41) is 0. The Morgan fingerprint density at radius 1 is 1.33 bits per heavy atom. The van der Waals surface area contributed by atoms with Crippen LogP contribution in [0.1, 0.15) is 5.69 Å². The largest absolute Gasteiger partial charge is 0.353 e. The topological polar surface area (TPSA) is 72.1 Å². The van der Waals surface area contributed by atoms with E-state index in [9.17, 15) is 4.21 Å². The number of hydrogen-bond donors (Lipinski definition) is 1. The van der Waals surface area contributed by atoms with Crippen molar-refractivity contribution in [3.63, 3.8) is 0 Å². The van der Waals surface area contributed by atoms with Crippen LogP contribution in [0.15, 0.2) is 12.4 Å². The molecule has 0 aliphatic carbocycles. The van der Waals surface area contributed by atoms with Crippen molar-refractivity contribution in [2.75, 3.05) is 29.5 Å². The first-order valence-electron chi connectivity index (χ1n) is 4.91.